The summed E-state index contributed by atoms with van der Waals surface area (Å²) in [4.78, 5) is 5.69. The van der Waals surface area contributed by atoms with Gasteiger partial charge in [-0.1, -0.05) is 0 Å². The minimum Gasteiger partial charge on any atom is -0.373 e. The van der Waals surface area contributed by atoms with Crippen molar-refractivity contribution >= 4 is 34.8 Å². The molecule has 0 aromatic carbocycles. The number of thiazole rings is 1. The average Bonchev–Trinajstić information content (AvgIpc) is 3.07. The summed E-state index contributed by atoms with van der Waals surface area (Å²) in [6.07, 6.45) is 6.88. The van der Waals surface area contributed by atoms with Crippen molar-refractivity contribution < 1.29 is 4.74 Å². The molecule has 0 spiro atoms. The molecule has 0 aliphatic carbocycles. The zero-order chi connectivity index (χ0) is 12.4. The van der Waals surface area contributed by atoms with Gasteiger partial charge in [0, 0.05) is 16.9 Å². The number of nitrogens with zero attached hydrogens (tertiary/aromatic N) is 1. The maximum Gasteiger partial charge on any atom is 0.0901 e. The number of hydrogen-bond acceptors (Lipinski definition) is 4. The van der Waals surface area contributed by atoms with Gasteiger partial charge in [-0.15, -0.1) is 22.7 Å². The van der Waals surface area contributed by atoms with Crippen molar-refractivity contribution in [2.75, 3.05) is 6.61 Å². The lowest BCUT2D eigenvalue weighted by Gasteiger charge is -2.04. The summed E-state index contributed by atoms with van der Waals surface area (Å²) in [6, 6.07) is 2.23. The van der Waals surface area contributed by atoms with Crippen LogP contribution in [0.1, 0.15) is 40.1 Å². The molecule has 0 N–H and O–H groups in total. The molecular weight excluding hydrogens is 262 g/mol. The van der Waals surface area contributed by atoms with Crippen LogP contribution in [0.15, 0.2) is 16.8 Å². The van der Waals surface area contributed by atoms with Crippen molar-refractivity contribution in [3.05, 3.63) is 38.0 Å². The van der Waals surface area contributed by atoms with E-state index in [2.05, 4.69) is 34.0 Å². The Labute approximate surface area is 115 Å². The molecule has 1 aliphatic rings. The van der Waals surface area contributed by atoms with Crippen molar-refractivity contribution in [1.82, 2.24) is 4.98 Å². The van der Waals surface area contributed by atoms with Gasteiger partial charge in [0.05, 0.1) is 16.8 Å². The van der Waals surface area contributed by atoms with Crippen LogP contribution in [-0.4, -0.2) is 11.6 Å². The van der Waals surface area contributed by atoms with Gasteiger partial charge >= 0.3 is 0 Å². The van der Waals surface area contributed by atoms with Crippen molar-refractivity contribution in [2.24, 2.45) is 0 Å². The topological polar surface area (TPSA) is 22.1 Å². The molecule has 4 heteroatoms. The van der Waals surface area contributed by atoms with Crippen molar-refractivity contribution in [3.63, 3.8) is 0 Å². The maximum atomic E-state index is 5.69. The molecule has 1 atom stereocenters. The monoisotopic (exact) mass is 277 g/mol. The van der Waals surface area contributed by atoms with Crippen LogP contribution in [0, 0.1) is 6.92 Å². The lowest BCUT2D eigenvalue weighted by molar-refractivity contribution is 0.112. The molecule has 3 rings (SSSR count). The second-order valence-corrected chi connectivity index (χ2v) is 6.41. The largest absolute Gasteiger partial charge is 0.373 e. The van der Waals surface area contributed by atoms with Crippen LogP contribution in [0.25, 0.3) is 12.2 Å². The smallest absolute Gasteiger partial charge is 0.0901 e. The molecule has 0 radical (unpaired) electrons. The molecule has 3 heterocycles. The van der Waals surface area contributed by atoms with Crippen LogP contribution in [0.5, 0.6) is 0 Å². The number of aromatic nitrogens is 1. The number of hydrogen-bond donors (Lipinski definition) is 0. The van der Waals surface area contributed by atoms with Crippen molar-refractivity contribution in [3.8, 4) is 0 Å². The van der Waals surface area contributed by atoms with E-state index in [1.54, 1.807) is 22.7 Å². The third-order valence-corrected chi connectivity index (χ3v) is 4.70. The highest BCUT2D eigenvalue weighted by Gasteiger charge is 2.18. The van der Waals surface area contributed by atoms with Gasteiger partial charge in [-0.2, -0.15) is 0 Å². The van der Waals surface area contributed by atoms with Gasteiger partial charge in [0.2, 0.25) is 0 Å². The van der Waals surface area contributed by atoms with Gasteiger partial charge in [-0.05, 0) is 48.9 Å². The fourth-order valence-corrected chi connectivity index (χ4v) is 3.51. The van der Waals surface area contributed by atoms with Gasteiger partial charge in [0.1, 0.15) is 0 Å². The predicted octanol–water partition coefficient (Wildman–Crippen LogP) is 4.53. The lowest BCUT2D eigenvalue weighted by atomic mass is 10.1. The fourth-order valence-electron chi connectivity index (χ4n) is 2.09. The zero-order valence-corrected chi connectivity index (χ0v) is 11.9. The Kier molecular flexibility index (Phi) is 3.59. The Hall–Kier alpha value is -0.970. The molecule has 2 nitrogen and oxygen atoms in total. The minimum atomic E-state index is 0.324. The van der Waals surface area contributed by atoms with Crippen LogP contribution in [-0.2, 0) is 4.74 Å². The van der Waals surface area contributed by atoms with E-state index in [0.717, 1.165) is 23.7 Å². The molecule has 0 amide bonds. The van der Waals surface area contributed by atoms with Gasteiger partial charge in [-0.25, -0.2) is 4.98 Å². The van der Waals surface area contributed by atoms with Crippen LogP contribution in [0.2, 0.25) is 0 Å². The Bertz CT molecular complexity index is 550. The minimum absolute atomic E-state index is 0.324. The molecular formula is C14H15NOS2. The summed E-state index contributed by atoms with van der Waals surface area (Å²) in [6.45, 7) is 2.94. The number of ether oxygens (including phenoxy) is 1. The van der Waals surface area contributed by atoms with E-state index in [1.165, 1.54) is 16.9 Å². The molecule has 0 saturated carbocycles. The lowest BCUT2D eigenvalue weighted by Crippen LogP contribution is -1.92. The number of rotatable bonds is 3. The first-order valence-corrected chi connectivity index (χ1v) is 7.87. The highest BCUT2D eigenvalue weighted by Crippen LogP contribution is 2.32. The molecule has 2 aromatic rings. The quantitative estimate of drug-likeness (QED) is 0.822. The molecule has 1 fully saturated rings. The average molecular weight is 277 g/mol. The van der Waals surface area contributed by atoms with Gasteiger partial charge < -0.3 is 4.74 Å². The highest BCUT2D eigenvalue weighted by atomic mass is 32.1. The van der Waals surface area contributed by atoms with E-state index < -0.39 is 0 Å². The Morgan fingerprint density at radius 3 is 3.00 bits per heavy atom. The first-order valence-electron chi connectivity index (χ1n) is 6.11. The molecule has 1 aliphatic heterocycles. The van der Waals surface area contributed by atoms with E-state index in [1.807, 2.05) is 6.92 Å². The second kappa shape index (κ2) is 5.34. The van der Waals surface area contributed by atoms with Crippen LogP contribution < -0.4 is 0 Å². The predicted molar refractivity (Wildman–Crippen MR) is 78.0 cm³/mol. The third-order valence-electron chi connectivity index (χ3n) is 3.00. The summed E-state index contributed by atoms with van der Waals surface area (Å²) in [5.41, 5.74) is 2.37. The molecule has 18 heavy (non-hydrogen) atoms. The normalized spacial score (nSPS) is 19.9. The summed E-state index contributed by atoms with van der Waals surface area (Å²) in [5, 5.41) is 5.41. The van der Waals surface area contributed by atoms with Crippen LogP contribution >= 0.6 is 22.7 Å². The number of thiophene rings is 1. The zero-order valence-electron chi connectivity index (χ0n) is 10.3. The van der Waals surface area contributed by atoms with Gasteiger partial charge in [0.25, 0.3) is 0 Å². The molecule has 1 unspecified atom stereocenters. The molecule has 0 bridgehead atoms. The molecule has 94 valence electrons. The SMILES string of the molecule is Cc1nc(/C=C/c2cc(C3CCCO3)cs2)cs1. The van der Waals surface area contributed by atoms with Crippen molar-refractivity contribution in [1.29, 1.82) is 0 Å². The van der Waals surface area contributed by atoms with Crippen LogP contribution in [0.3, 0.4) is 0 Å². The highest BCUT2D eigenvalue weighted by molar-refractivity contribution is 7.11. The van der Waals surface area contributed by atoms with E-state index in [0.29, 0.717) is 6.10 Å². The summed E-state index contributed by atoms with van der Waals surface area (Å²) < 4.78 is 5.69. The van der Waals surface area contributed by atoms with E-state index >= 15 is 0 Å². The first kappa shape index (κ1) is 12.1. The van der Waals surface area contributed by atoms with Crippen LogP contribution in [0.4, 0.5) is 0 Å². The van der Waals surface area contributed by atoms with E-state index in [-0.39, 0.29) is 0 Å². The standard InChI is InChI=1S/C14H15NOS2/c1-10-15-12(9-17-10)4-5-13-7-11(8-18-13)14-3-2-6-16-14/h4-5,7-9,14H,2-3,6H2,1H3/b5-4+. The Morgan fingerprint density at radius 2 is 2.28 bits per heavy atom. The summed E-state index contributed by atoms with van der Waals surface area (Å²) in [7, 11) is 0. The van der Waals surface area contributed by atoms with Gasteiger partial charge in [-0.3, -0.25) is 0 Å². The van der Waals surface area contributed by atoms with E-state index in [9.17, 15) is 0 Å². The second-order valence-electron chi connectivity index (χ2n) is 4.41. The van der Waals surface area contributed by atoms with Gasteiger partial charge in [0.15, 0.2) is 0 Å². The molecule has 1 saturated heterocycles. The van der Waals surface area contributed by atoms with Crippen molar-refractivity contribution in [2.45, 2.75) is 25.9 Å². The first-order chi connectivity index (χ1) is 8.81. The third kappa shape index (κ3) is 2.71. The summed E-state index contributed by atoms with van der Waals surface area (Å²) in [5.74, 6) is 0. The Morgan fingerprint density at radius 1 is 1.33 bits per heavy atom. The maximum absolute atomic E-state index is 5.69. The number of aryl methyl sites for hydroxylation is 1. The Balaban J connectivity index is 1.71. The van der Waals surface area contributed by atoms with E-state index in [4.69, 9.17) is 4.74 Å². The molecule has 2 aromatic heterocycles. The fraction of sp³-hybridized carbons (Fsp3) is 0.357. The summed E-state index contributed by atoms with van der Waals surface area (Å²) >= 11 is 3.46.